The molecular formula is C41H30Cl2N10O9. The molecule has 62 heavy (non-hydrogen) atoms. The van der Waals surface area contributed by atoms with Crippen LogP contribution in [0, 0.1) is 6.92 Å². The van der Waals surface area contributed by atoms with Crippen molar-refractivity contribution >= 4 is 79.8 Å². The van der Waals surface area contributed by atoms with Crippen LogP contribution in [0.2, 0.25) is 10.0 Å². The van der Waals surface area contributed by atoms with Crippen molar-refractivity contribution < 1.29 is 32.7 Å². The molecule has 0 bridgehead atoms. The smallest absolute Gasteiger partial charge is 0.439 e. The normalized spacial score (nSPS) is 11.0. The van der Waals surface area contributed by atoms with Gasteiger partial charge in [-0.15, -0.1) is 0 Å². The van der Waals surface area contributed by atoms with Crippen molar-refractivity contribution in [2.75, 3.05) is 23.1 Å². The Bertz CT molecular complexity index is 3260. The highest BCUT2D eigenvalue weighted by Crippen LogP contribution is 2.31. The fourth-order valence-electron chi connectivity index (χ4n) is 6.30. The van der Waals surface area contributed by atoms with E-state index in [1.165, 1.54) is 0 Å². The number of aromatic amines is 4. The number of rotatable bonds is 10. The van der Waals surface area contributed by atoms with Gasteiger partial charge in [0.1, 0.15) is 22.9 Å². The van der Waals surface area contributed by atoms with Crippen LogP contribution in [0.15, 0.2) is 114 Å². The Morgan fingerprint density at radius 3 is 1.82 bits per heavy atom. The highest BCUT2D eigenvalue weighted by molar-refractivity contribution is 6.31. The van der Waals surface area contributed by atoms with Gasteiger partial charge < -0.3 is 35.2 Å². The maximum absolute atomic E-state index is 13.0. The highest BCUT2D eigenvalue weighted by atomic mass is 35.5. The van der Waals surface area contributed by atoms with E-state index in [-0.39, 0.29) is 35.6 Å². The lowest BCUT2D eigenvalue weighted by atomic mass is 10.1. The van der Waals surface area contributed by atoms with Gasteiger partial charge in [-0.2, -0.15) is 0 Å². The number of aromatic nitrogens is 7. The van der Waals surface area contributed by atoms with Gasteiger partial charge in [0, 0.05) is 49.6 Å². The van der Waals surface area contributed by atoms with Crippen molar-refractivity contribution in [2.45, 2.75) is 13.3 Å². The van der Waals surface area contributed by atoms with E-state index >= 15 is 0 Å². The molecule has 0 radical (unpaired) electrons. The fraction of sp³-hybridized carbons (Fsp3) is 0.0732. The molecule has 21 heteroatoms. The molecule has 0 aliphatic carbocycles. The van der Waals surface area contributed by atoms with E-state index in [4.69, 9.17) is 32.5 Å². The molecule has 0 unspecified atom stereocenters. The zero-order valence-electron chi connectivity index (χ0n) is 32.1. The minimum absolute atomic E-state index is 0.0226. The third-order valence-corrected chi connectivity index (χ3v) is 9.58. The number of nitrogens with one attached hydrogen (secondary N) is 7. The Balaban J connectivity index is 0.000000176. The lowest BCUT2D eigenvalue weighted by Crippen LogP contribution is -2.14. The largest absolute Gasteiger partial charge is 0.497 e. The Labute approximate surface area is 356 Å². The number of H-pyrrole nitrogens is 4. The first-order valence-corrected chi connectivity index (χ1v) is 19.0. The highest BCUT2D eigenvalue weighted by Gasteiger charge is 2.19. The number of benzene rings is 4. The molecule has 9 rings (SSSR count). The number of ether oxygens (including phenoxy) is 1. The van der Waals surface area contributed by atoms with E-state index in [9.17, 15) is 24.0 Å². The van der Waals surface area contributed by atoms with Gasteiger partial charge in [-0.25, -0.2) is 9.59 Å². The quantitative estimate of drug-likeness (QED) is 0.0712. The van der Waals surface area contributed by atoms with Crippen LogP contribution >= 0.6 is 23.2 Å². The molecule has 0 saturated heterocycles. The molecule has 0 saturated carbocycles. The summed E-state index contributed by atoms with van der Waals surface area (Å²) in [6, 6.07) is 25.4. The zero-order valence-corrected chi connectivity index (χ0v) is 33.7. The van der Waals surface area contributed by atoms with Gasteiger partial charge in [0.25, 0.3) is 11.8 Å². The van der Waals surface area contributed by atoms with Gasteiger partial charge in [0.15, 0.2) is 11.6 Å². The molecule has 4 aromatic carbocycles. The summed E-state index contributed by atoms with van der Waals surface area (Å²) in [5.74, 6) is -1.12. The number of fused-ring (bicyclic) bond motifs is 2. The number of hydrogen-bond donors (Lipinski definition) is 7. The van der Waals surface area contributed by atoms with E-state index in [2.05, 4.69) is 60.4 Å². The number of para-hydroxylation sites is 1. The third-order valence-electron chi connectivity index (χ3n) is 9.11. The number of amides is 3. The molecule has 3 amide bonds. The average molecular weight is 878 g/mol. The lowest BCUT2D eigenvalue weighted by Gasteiger charge is -2.09. The number of methoxy groups -OCH3 is 1. The Hall–Kier alpha value is -8.16. The number of carbonyl (C=O) groups excluding carboxylic acids is 3. The van der Waals surface area contributed by atoms with E-state index in [1.54, 1.807) is 86.8 Å². The molecule has 19 nitrogen and oxygen atoms in total. The molecule has 0 spiro atoms. The first-order chi connectivity index (χ1) is 29.9. The van der Waals surface area contributed by atoms with Gasteiger partial charge in [-0.3, -0.25) is 33.4 Å². The molecule has 5 aromatic heterocycles. The second-order valence-corrected chi connectivity index (χ2v) is 14.3. The third kappa shape index (κ3) is 9.03. The molecule has 312 valence electrons. The van der Waals surface area contributed by atoms with Crippen LogP contribution in [0.4, 0.5) is 17.1 Å². The number of aryl methyl sites for hydroxylation is 1. The van der Waals surface area contributed by atoms with E-state index in [0.717, 1.165) is 16.3 Å². The van der Waals surface area contributed by atoms with E-state index in [1.807, 2.05) is 18.2 Å². The second-order valence-electron chi connectivity index (χ2n) is 13.4. The van der Waals surface area contributed by atoms with Gasteiger partial charge in [-0.1, -0.05) is 50.8 Å². The predicted octanol–water partition coefficient (Wildman–Crippen LogP) is 7.32. The summed E-state index contributed by atoms with van der Waals surface area (Å²) in [5.41, 5.74) is 4.76. The number of hydrogen-bond acceptors (Lipinski definition) is 12. The van der Waals surface area contributed by atoms with Crippen LogP contribution in [0.3, 0.4) is 0 Å². The predicted molar refractivity (Wildman–Crippen MR) is 228 cm³/mol. The van der Waals surface area contributed by atoms with Crippen LogP contribution in [0.25, 0.3) is 44.6 Å². The minimum atomic E-state index is -0.735. The van der Waals surface area contributed by atoms with Gasteiger partial charge in [0.05, 0.1) is 41.8 Å². The summed E-state index contributed by atoms with van der Waals surface area (Å²) in [5, 5.41) is 21.9. The topological polar surface area (TPSA) is 272 Å². The second kappa shape index (κ2) is 17.2. The average Bonchev–Trinajstić information content (AvgIpc) is 4.11. The Morgan fingerprint density at radius 1 is 0.645 bits per heavy atom. The van der Waals surface area contributed by atoms with Crippen LogP contribution in [-0.4, -0.2) is 60.2 Å². The molecule has 9 aromatic rings. The van der Waals surface area contributed by atoms with Crippen molar-refractivity contribution in [1.29, 1.82) is 0 Å². The van der Waals surface area contributed by atoms with Crippen LogP contribution < -0.4 is 32.2 Å². The van der Waals surface area contributed by atoms with E-state index in [0.29, 0.717) is 66.6 Å². The van der Waals surface area contributed by atoms with Crippen molar-refractivity contribution in [2.24, 2.45) is 0 Å². The summed E-state index contributed by atoms with van der Waals surface area (Å²) < 4.78 is 19.4. The van der Waals surface area contributed by atoms with Crippen molar-refractivity contribution in [3.63, 3.8) is 0 Å². The first kappa shape index (κ1) is 40.6. The SMILES string of the molecule is COc1ccc2cc(C(=O)Nc3ccc(Cl)cc3-c3noc(=O)[nH]3)[nH]c2c1.Cc1cc(CC(=O)Nc2cccc3cc(C(=O)Nc4ccc(Cl)cc4-c4noc(=O)[nH]4)[nH]c23)on1. The Morgan fingerprint density at radius 2 is 1.26 bits per heavy atom. The lowest BCUT2D eigenvalue weighted by molar-refractivity contribution is -0.115. The summed E-state index contributed by atoms with van der Waals surface area (Å²) >= 11 is 12.1. The maximum atomic E-state index is 13.0. The van der Waals surface area contributed by atoms with E-state index < -0.39 is 17.4 Å². The van der Waals surface area contributed by atoms with Crippen LogP contribution in [0.1, 0.15) is 32.4 Å². The fourth-order valence-corrected chi connectivity index (χ4v) is 6.65. The molecule has 0 fully saturated rings. The zero-order chi connectivity index (χ0) is 43.5. The molecular weight excluding hydrogens is 847 g/mol. The molecule has 0 aliphatic heterocycles. The molecule has 7 N–H and O–H groups in total. The monoisotopic (exact) mass is 876 g/mol. The minimum Gasteiger partial charge on any atom is -0.497 e. The number of nitrogens with zero attached hydrogens (tertiary/aromatic N) is 3. The summed E-state index contributed by atoms with van der Waals surface area (Å²) in [6.45, 7) is 1.77. The van der Waals surface area contributed by atoms with Crippen molar-refractivity contribution in [3.8, 4) is 28.5 Å². The van der Waals surface area contributed by atoms with Gasteiger partial charge >= 0.3 is 11.5 Å². The molecule has 5 heterocycles. The molecule has 0 atom stereocenters. The van der Waals surface area contributed by atoms with Gasteiger partial charge in [-0.05, 0) is 73.7 Å². The van der Waals surface area contributed by atoms with Crippen molar-refractivity contribution in [1.82, 2.24) is 35.4 Å². The summed E-state index contributed by atoms with van der Waals surface area (Å²) in [4.78, 5) is 71.8. The first-order valence-electron chi connectivity index (χ1n) is 18.2. The Kier molecular flexibility index (Phi) is 11.3. The number of anilines is 3. The standard InChI is InChI=1S/C23H17ClN6O5.C18H13ClN4O4/c1-11-7-14(34-29-11)10-19(31)25-17-4-2-3-12-8-18(26-20(12)17)22(32)27-16-6-5-13(24)9-15(16)21-28-23(33)35-30-21;1-26-11-4-2-9-6-15(20-14(9)8-11)17(24)21-13-5-3-10(19)7-12(13)16-22-18(25)27-23-16/h2-9,26H,10H2,1H3,(H,25,31)(H,27,32)(H,28,30,33);2-8,20H,1H3,(H,21,24)(H,22,23,25). The van der Waals surface area contributed by atoms with Gasteiger partial charge in [0.2, 0.25) is 5.91 Å². The van der Waals surface area contributed by atoms with Crippen LogP contribution in [-0.2, 0) is 11.2 Å². The van der Waals surface area contributed by atoms with Crippen molar-refractivity contribution in [3.05, 3.63) is 145 Å². The maximum Gasteiger partial charge on any atom is 0.439 e. The molecule has 0 aliphatic rings. The number of carbonyl (C=O) groups is 3. The summed E-state index contributed by atoms with van der Waals surface area (Å²) in [7, 11) is 1.58. The number of halogens is 2. The summed E-state index contributed by atoms with van der Waals surface area (Å²) in [6.07, 6.45) is 0.0226. The van der Waals surface area contributed by atoms with Crippen LogP contribution in [0.5, 0.6) is 5.75 Å².